The molecule has 0 fully saturated rings. The minimum atomic E-state index is -0.401. The van der Waals surface area contributed by atoms with Crippen LogP contribution < -0.4 is 14.8 Å². The van der Waals surface area contributed by atoms with Gasteiger partial charge in [-0.15, -0.1) is 0 Å². The molecule has 40 heavy (non-hydrogen) atoms. The summed E-state index contributed by atoms with van der Waals surface area (Å²) in [6, 6.07) is 26.9. The van der Waals surface area contributed by atoms with E-state index < -0.39 is 5.82 Å². The Morgan fingerprint density at radius 2 is 1.62 bits per heavy atom. The van der Waals surface area contributed by atoms with E-state index >= 15 is 4.39 Å². The van der Waals surface area contributed by atoms with Gasteiger partial charge >= 0.3 is 0 Å². The highest BCUT2D eigenvalue weighted by Crippen LogP contribution is 2.37. The first-order valence-electron chi connectivity index (χ1n) is 12.9. The monoisotopic (exact) mass is 530 g/mol. The van der Waals surface area contributed by atoms with Gasteiger partial charge in [0.05, 0.1) is 37.7 Å². The van der Waals surface area contributed by atoms with Crippen molar-refractivity contribution in [2.45, 2.75) is 13.5 Å². The first kappa shape index (κ1) is 25.2. The Hall–Kier alpha value is -5.04. The number of nitrogens with one attached hydrogen (secondary N) is 1. The van der Waals surface area contributed by atoms with Crippen molar-refractivity contribution in [2.24, 2.45) is 4.99 Å². The standard InChI is InChI=1S/C33H27FN4O2/c1-20-12-14-24(17-29(20)40-3)37-33-36-19-23-18-35-32(30-27(34)10-7-11-28(30)39-2)26-16-22(21-8-5-4-6-9-21)13-15-25(26)31(23)38-33/h4-17,19H,18H2,1-3H3,(H,36,37,38). The summed E-state index contributed by atoms with van der Waals surface area (Å²) >= 11 is 0. The number of benzene rings is 4. The first-order valence-corrected chi connectivity index (χ1v) is 12.9. The molecule has 1 N–H and O–H groups in total. The maximum absolute atomic E-state index is 15.4. The molecule has 2 heterocycles. The molecule has 0 saturated carbocycles. The van der Waals surface area contributed by atoms with Gasteiger partial charge in [-0.1, -0.05) is 54.6 Å². The van der Waals surface area contributed by atoms with Crippen LogP contribution in [0.3, 0.4) is 0 Å². The molecule has 0 saturated heterocycles. The van der Waals surface area contributed by atoms with E-state index in [2.05, 4.69) is 16.4 Å². The molecule has 4 aromatic carbocycles. The Labute approximate surface area is 232 Å². The van der Waals surface area contributed by atoms with Crippen LogP contribution in [0.5, 0.6) is 11.5 Å². The number of methoxy groups -OCH3 is 2. The van der Waals surface area contributed by atoms with Crippen molar-refractivity contribution in [1.82, 2.24) is 9.97 Å². The molecule has 1 aliphatic heterocycles. The fourth-order valence-corrected chi connectivity index (χ4v) is 4.97. The average molecular weight is 531 g/mol. The lowest BCUT2D eigenvalue weighted by Crippen LogP contribution is -2.10. The number of hydrogen-bond donors (Lipinski definition) is 1. The van der Waals surface area contributed by atoms with E-state index in [0.717, 1.165) is 50.5 Å². The number of hydrogen-bond acceptors (Lipinski definition) is 6. The van der Waals surface area contributed by atoms with E-state index in [1.807, 2.05) is 67.6 Å². The van der Waals surface area contributed by atoms with Crippen molar-refractivity contribution >= 4 is 17.3 Å². The summed E-state index contributed by atoms with van der Waals surface area (Å²) in [5, 5.41) is 3.30. The second-order valence-electron chi connectivity index (χ2n) is 9.49. The highest BCUT2D eigenvalue weighted by atomic mass is 19.1. The zero-order chi connectivity index (χ0) is 27.6. The third kappa shape index (κ3) is 4.66. The van der Waals surface area contributed by atoms with Crippen molar-refractivity contribution in [3.63, 3.8) is 0 Å². The van der Waals surface area contributed by atoms with Gasteiger partial charge in [-0.05, 0) is 47.9 Å². The van der Waals surface area contributed by atoms with E-state index in [9.17, 15) is 0 Å². The van der Waals surface area contributed by atoms with E-state index in [1.54, 1.807) is 25.4 Å². The van der Waals surface area contributed by atoms with Crippen molar-refractivity contribution < 1.29 is 13.9 Å². The minimum Gasteiger partial charge on any atom is -0.496 e. The van der Waals surface area contributed by atoms with Crippen LogP contribution in [0.1, 0.15) is 22.3 Å². The van der Waals surface area contributed by atoms with Crippen LogP contribution in [0, 0.1) is 12.7 Å². The highest BCUT2D eigenvalue weighted by molar-refractivity contribution is 6.18. The zero-order valence-electron chi connectivity index (χ0n) is 22.4. The Morgan fingerprint density at radius 3 is 2.42 bits per heavy atom. The van der Waals surface area contributed by atoms with E-state index in [-0.39, 0.29) is 6.54 Å². The smallest absolute Gasteiger partial charge is 0.227 e. The van der Waals surface area contributed by atoms with E-state index in [1.165, 1.54) is 13.2 Å². The molecule has 1 aromatic heterocycles. The number of ether oxygens (including phenoxy) is 2. The summed E-state index contributed by atoms with van der Waals surface area (Å²) in [4.78, 5) is 14.4. The number of nitrogens with zero attached hydrogens (tertiary/aromatic N) is 3. The molecule has 0 amide bonds. The van der Waals surface area contributed by atoms with E-state index in [4.69, 9.17) is 19.5 Å². The summed E-state index contributed by atoms with van der Waals surface area (Å²) in [6.07, 6.45) is 1.77. The van der Waals surface area contributed by atoms with Crippen molar-refractivity contribution in [3.05, 3.63) is 119 Å². The molecule has 0 radical (unpaired) electrons. The van der Waals surface area contributed by atoms with E-state index in [0.29, 0.717) is 23.0 Å². The number of aryl methyl sites for hydroxylation is 1. The van der Waals surface area contributed by atoms with Crippen LogP contribution in [0.15, 0.2) is 96.1 Å². The van der Waals surface area contributed by atoms with Crippen LogP contribution in [0.2, 0.25) is 0 Å². The van der Waals surface area contributed by atoms with Crippen LogP contribution >= 0.6 is 0 Å². The predicted molar refractivity (Wildman–Crippen MR) is 156 cm³/mol. The van der Waals surface area contributed by atoms with Crippen LogP contribution in [-0.2, 0) is 6.54 Å². The maximum Gasteiger partial charge on any atom is 0.227 e. The Morgan fingerprint density at radius 1 is 0.800 bits per heavy atom. The topological polar surface area (TPSA) is 68.6 Å². The third-order valence-corrected chi connectivity index (χ3v) is 7.01. The molecule has 0 atom stereocenters. The van der Waals surface area contributed by atoms with Crippen molar-refractivity contribution in [3.8, 4) is 33.9 Å². The average Bonchev–Trinajstić information content (AvgIpc) is 3.14. The number of aliphatic imine (C=N–C) groups is 1. The molecule has 6 nitrogen and oxygen atoms in total. The molecule has 7 heteroatoms. The molecule has 1 aliphatic rings. The SMILES string of the molecule is COc1cc(Nc2ncc3c(n2)-c2ccc(-c4ccccc4)cc2C(c2c(F)cccc2OC)=NC3)ccc1C. The lowest BCUT2D eigenvalue weighted by Gasteiger charge is -2.16. The number of fused-ring (bicyclic) bond motifs is 3. The number of aromatic nitrogens is 2. The molecular weight excluding hydrogens is 503 g/mol. The number of rotatable bonds is 6. The van der Waals surface area contributed by atoms with Gasteiger partial charge in [-0.2, -0.15) is 0 Å². The predicted octanol–water partition coefficient (Wildman–Crippen LogP) is 7.37. The summed E-state index contributed by atoms with van der Waals surface area (Å²) in [5.74, 6) is 1.23. The normalized spacial score (nSPS) is 12.1. The van der Waals surface area contributed by atoms with Gasteiger partial charge in [0.2, 0.25) is 5.95 Å². The molecular formula is C33H27FN4O2. The lowest BCUT2D eigenvalue weighted by molar-refractivity contribution is 0.410. The number of anilines is 2. The van der Waals surface area contributed by atoms with Gasteiger partial charge in [0.1, 0.15) is 17.3 Å². The van der Waals surface area contributed by atoms with Gasteiger partial charge in [-0.25, -0.2) is 14.4 Å². The molecule has 5 aromatic rings. The van der Waals surface area contributed by atoms with Crippen LogP contribution in [0.25, 0.3) is 22.4 Å². The van der Waals surface area contributed by atoms with Gasteiger partial charge in [-0.3, -0.25) is 4.99 Å². The number of halogens is 1. The highest BCUT2D eigenvalue weighted by Gasteiger charge is 2.25. The molecule has 6 rings (SSSR count). The van der Waals surface area contributed by atoms with Gasteiger partial charge in [0.15, 0.2) is 0 Å². The summed E-state index contributed by atoms with van der Waals surface area (Å²) in [7, 11) is 3.18. The first-order chi connectivity index (χ1) is 19.6. The largest absolute Gasteiger partial charge is 0.496 e. The molecule has 0 bridgehead atoms. The Bertz CT molecular complexity index is 1750. The molecule has 0 spiro atoms. The molecule has 0 aliphatic carbocycles. The third-order valence-electron chi connectivity index (χ3n) is 7.01. The van der Waals surface area contributed by atoms with Crippen LogP contribution in [0.4, 0.5) is 16.0 Å². The summed E-state index contributed by atoms with van der Waals surface area (Å²) < 4.78 is 26.4. The van der Waals surface area contributed by atoms with Crippen molar-refractivity contribution in [1.29, 1.82) is 0 Å². The second kappa shape index (κ2) is 10.6. The summed E-state index contributed by atoms with van der Waals surface area (Å²) in [5.41, 5.74) is 7.90. The maximum atomic E-state index is 15.4. The fourth-order valence-electron chi connectivity index (χ4n) is 4.97. The van der Waals surface area contributed by atoms with Crippen molar-refractivity contribution in [2.75, 3.05) is 19.5 Å². The summed E-state index contributed by atoms with van der Waals surface area (Å²) in [6.45, 7) is 2.28. The van der Waals surface area contributed by atoms with Gasteiger partial charge in [0, 0.05) is 34.6 Å². The fraction of sp³-hybridized carbons (Fsp3) is 0.121. The lowest BCUT2D eigenvalue weighted by atomic mass is 9.91. The Kier molecular flexibility index (Phi) is 6.70. The second-order valence-corrected chi connectivity index (χ2v) is 9.49. The minimum absolute atomic E-state index is 0.288. The van der Waals surface area contributed by atoms with Gasteiger partial charge < -0.3 is 14.8 Å². The quantitative estimate of drug-likeness (QED) is 0.248. The molecule has 198 valence electrons. The zero-order valence-corrected chi connectivity index (χ0v) is 22.4. The van der Waals surface area contributed by atoms with Crippen LogP contribution in [-0.4, -0.2) is 29.9 Å². The Balaban J connectivity index is 1.51. The molecule has 0 unspecified atom stereocenters. The van der Waals surface area contributed by atoms with Gasteiger partial charge in [0.25, 0.3) is 0 Å².